The van der Waals surface area contributed by atoms with Crippen LogP contribution in [0.2, 0.25) is 0 Å². The highest BCUT2D eigenvalue weighted by molar-refractivity contribution is 7.09. The summed E-state index contributed by atoms with van der Waals surface area (Å²) in [7, 11) is 0. The van der Waals surface area contributed by atoms with Crippen LogP contribution in [0.25, 0.3) is 0 Å². The van der Waals surface area contributed by atoms with Crippen molar-refractivity contribution in [3.8, 4) is 5.88 Å². The molecule has 0 aliphatic rings. The number of nitrogens with zero attached hydrogens (tertiary/aromatic N) is 2. The van der Waals surface area contributed by atoms with Crippen LogP contribution in [0, 0.1) is 6.92 Å². The molecule has 84 valence electrons. The molecular formula is C10H12N4OS. The summed E-state index contributed by atoms with van der Waals surface area (Å²) >= 11 is 1.65. The van der Waals surface area contributed by atoms with E-state index in [-0.39, 0.29) is 0 Å². The van der Waals surface area contributed by atoms with Crippen molar-refractivity contribution in [2.45, 2.75) is 13.5 Å². The fourth-order valence-electron chi connectivity index (χ4n) is 1.18. The van der Waals surface area contributed by atoms with Crippen LogP contribution in [0.3, 0.4) is 0 Å². The summed E-state index contributed by atoms with van der Waals surface area (Å²) in [6.07, 6.45) is 1.67. The number of hydrogen-bond donors (Lipinski definition) is 2. The smallest absolute Gasteiger partial charge is 0.240 e. The molecule has 0 atom stereocenters. The van der Waals surface area contributed by atoms with Gasteiger partial charge >= 0.3 is 0 Å². The Kier molecular flexibility index (Phi) is 3.33. The maximum atomic E-state index is 5.59. The standard InChI is InChI=1S/C10H12N4OS/c1-7-5-12-10(14-11)13-9(7)15-6-8-3-2-4-16-8/h2-5H,6,11H2,1H3,(H,12,13,14). The lowest BCUT2D eigenvalue weighted by Crippen LogP contribution is -2.11. The molecule has 3 N–H and O–H groups in total. The van der Waals surface area contributed by atoms with E-state index in [1.54, 1.807) is 17.5 Å². The molecule has 0 aliphatic carbocycles. The van der Waals surface area contributed by atoms with Gasteiger partial charge in [-0.15, -0.1) is 11.3 Å². The molecule has 5 nitrogen and oxygen atoms in total. The molecule has 2 rings (SSSR count). The first-order chi connectivity index (χ1) is 7.79. The predicted molar refractivity (Wildman–Crippen MR) is 63.2 cm³/mol. The summed E-state index contributed by atoms with van der Waals surface area (Å²) in [5.74, 6) is 6.14. The molecule has 0 unspecified atom stereocenters. The Balaban J connectivity index is 2.08. The van der Waals surface area contributed by atoms with Gasteiger partial charge in [0.25, 0.3) is 0 Å². The molecular weight excluding hydrogens is 224 g/mol. The third-order valence-electron chi connectivity index (χ3n) is 1.99. The van der Waals surface area contributed by atoms with Gasteiger partial charge in [-0.05, 0) is 18.4 Å². The van der Waals surface area contributed by atoms with E-state index >= 15 is 0 Å². The van der Waals surface area contributed by atoms with Gasteiger partial charge < -0.3 is 4.74 Å². The quantitative estimate of drug-likeness (QED) is 0.624. The van der Waals surface area contributed by atoms with E-state index in [0.29, 0.717) is 18.4 Å². The molecule has 0 aliphatic heterocycles. The monoisotopic (exact) mass is 236 g/mol. The van der Waals surface area contributed by atoms with Gasteiger partial charge in [-0.1, -0.05) is 6.07 Å². The first kappa shape index (κ1) is 10.8. The second-order valence-corrected chi connectivity index (χ2v) is 4.23. The third kappa shape index (κ3) is 2.47. The minimum absolute atomic E-state index is 0.353. The molecule has 0 radical (unpaired) electrons. The van der Waals surface area contributed by atoms with Gasteiger partial charge in [0, 0.05) is 16.6 Å². The highest BCUT2D eigenvalue weighted by Gasteiger charge is 2.04. The number of aryl methyl sites for hydroxylation is 1. The van der Waals surface area contributed by atoms with E-state index < -0.39 is 0 Å². The second kappa shape index (κ2) is 4.91. The number of nitrogens with two attached hydrogens (primary N) is 1. The first-order valence-electron chi connectivity index (χ1n) is 4.75. The van der Waals surface area contributed by atoms with Crippen molar-refractivity contribution in [1.29, 1.82) is 0 Å². The Bertz CT molecular complexity index is 458. The lowest BCUT2D eigenvalue weighted by molar-refractivity contribution is 0.295. The molecule has 0 saturated carbocycles. The predicted octanol–water partition coefficient (Wildman–Crippen LogP) is 1.71. The minimum atomic E-state index is 0.353. The SMILES string of the molecule is Cc1cnc(NN)nc1OCc1cccs1. The lowest BCUT2D eigenvalue weighted by Gasteiger charge is -2.07. The zero-order valence-corrected chi connectivity index (χ0v) is 9.62. The molecule has 0 aromatic carbocycles. The summed E-state index contributed by atoms with van der Waals surface area (Å²) in [5.41, 5.74) is 3.27. The Hall–Kier alpha value is -1.66. The number of nitrogens with one attached hydrogen (secondary N) is 1. The summed E-state index contributed by atoms with van der Waals surface area (Å²) < 4.78 is 5.59. The summed E-state index contributed by atoms with van der Waals surface area (Å²) in [4.78, 5) is 9.26. The molecule has 16 heavy (non-hydrogen) atoms. The van der Waals surface area contributed by atoms with E-state index in [0.717, 1.165) is 10.4 Å². The molecule has 0 bridgehead atoms. The topological polar surface area (TPSA) is 73.1 Å². The molecule has 0 fully saturated rings. The van der Waals surface area contributed by atoms with E-state index in [1.165, 1.54) is 0 Å². The van der Waals surface area contributed by atoms with Crippen LogP contribution in [-0.2, 0) is 6.61 Å². The number of rotatable bonds is 4. The molecule has 0 saturated heterocycles. The van der Waals surface area contributed by atoms with Crippen molar-refractivity contribution in [3.63, 3.8) is 0 Å². The molecule has 6 heteroatoms. The minimum Gasteiger partial charge on any atom is -0.472 e. The van der Waals surface area contributed by atoms with Gasteiger partial charge in [0.1, 0.15) is 6.61 Å². The van der Waals surface area contributed by atoms with Crippen molar-refractivity contribution < 1.29 is 4.74 Å². The number of anilines is 1. The van der Waals surface area contributed by atoms with Crippen molar-refractivity contribution in [3.05, 3.63) is 34.2 Å². The lowest BCUT2D eigenvalue weighted by atomic mass is 10.4. The van der Waals surface area contributed by atoms with Gasteiger partial charge in [0.15, 0.2) is 0 Å². The highest BCUT2D eigenvalue weighted by atomic mass is 32.1. The summed E-state index contributed by atoms with van der Waals surface area (Å²) in [5, 5.41) is 2.01. The average molecular weight is 236 g/mol. The van der Waals surface area contributed by atoms with E-state index in [9.17, 15) is 0 Å². The van der Waals surface area contributed by atoms with Crippen LogP contribution >= 0.6 is 11.3 Å². The molecule has 2 aromatic rings. The largest absolute Gasteiger partial charge is 0.472 e. The van der Waals surface area contributed by atoms with Crippen molar-refractivity contribution >= 4 is 17.3 Å². The molecule has 2 aromatic heterocycles. The number of nitrogen functional groups attached to an aromatic ring is 1. The fraction of sp³-hybridized carbons (Fsp3) is 0.200. The fourth-order valence-corrected chi connectivity index (χ4v) is 1.79. The number of thiophene rings is 1. The highest BCUT2D eigenvalue weighted by Crippen LogP contribution is 2.17. The zero-order valence-electron chi connectivity index (χ0n) is 8.80. The average Bonchev–Trinajstić information content (AvgIpc) is 2.81. The maximum Gasteiger partial charge on any atom is 0.240 e. The van der Waals surface area contributed by atoms with Gasteiger partial charge in [0.2, 0.25) is 11.8 Å². The molecule has 2 heterocycles. The first-order valence-corrected chi connectivity index (χ1v) is 5.63. The molecule has 0 amide bonds. The van der Waals surface area contributed by atoms with Gasteiger partial charge in [-0.25, -0.2) is 10.8 Å². The van der Waals surface area contributed by atoms with Gasteiger partial charge in [0.05, 0.1) is 0 Å². The molecule has 0 spiro atoms. The Morgan fingerprint density at radius 1 is 1.56 bits per heavy atom. The number of hydrazine groups is 1. The van der Waals surface area contributed by atoms with Crippen LogP contribution in [0.5, 0.6) is 5.88 Å². The van der Waals surface area contributed by atoms with Crippen LogP contribution in [0.15, 0.2) is 23.7 Å². The van der Waals surface area contributed by atoms with E-state index in [1.807, 2.05) is 24.4 Å². The van der Waals surface area contributed by atoms with Gasteiger partial charge in [-0.3, -0.25) is 5.43 Å². The van der Waals surface area contributed by atoms with Crippen LogP contribution in [0.1, 0.15) is 10.4 Å². The maximum absolute atomic E-state index is 5.59. The second-order valence-electron chi connectivity index (χ2n) is 3.19. The summed E-state index contributed by atoms with van der Waals surface area (Å²) in [6.45, 7) is 2.41. The zero-order chi connectivity index (χ0) is 11.4. The normalized spacial score (nSPS) is 10.1. The van der Waals surface area contributed by atoms with Crippen LogP contribution in [0.4, 0.5) is 5.95 Å². The Morgan fingerprint density at radius 3 is 3.12 bits per heavy atom. The Morgan fingerprint density at radius 2 is 2.44 bits per heavy atom. The van der Waals surface area contributed by atoms with Crippen LogP contribution < -0.4 is 16.0 Å². The third-order valence-corrected chi connectivity index (χ3v) is 2.84. The number of ether oxygens (including phenoxy) is 1. The Labute approximate surface area is 97.3 Å². The number of aromatic nitrogens is 2. The van der Waals surface area contributed by atoms with Crippen molar-refractivity contribution in [1.82, 2.24) is 9.97 Å². The van der Waals surface area contributed by atoms with E-state index in [2.05, 4.69) is 15.4 Å². The van der Waals surface area contributed by atoms with Crippen molar-refractivity contribution in [2.24, 2.45) is 5.84 Å². The van der Waals surface area contributed by atoms with Crippen molar-refractivity contribution in [2.75, 3.05) is 5.43 Å². The summed E-state index contributed by atoms with van der Waals surface area (Å²) in [6, 6.07) is 4.01. The van der Waals surface area contributed by atoms with E-state index in [4.69, 9.17) is 10.6 Å². The number of hydrogen-bond acceptors (Lipinski definition) is 6. The van der Waals surface area contributed by atoms with Gasteiger partial charge in [-0.2, -0.15) is 4.98 Å². The van der Waals surface area contributed by atoms with Crippen LogP contribution in [-0.4, -0.2) is 9.97 Å².